The maximum Gasteiger partial charge on any atom is 0.344 e. The highest BCUT2D eigenvalue weighted by molar-refractivity contribution is 14.1. The molecule has 150 valence electrons. The Morgan fingerprint density at radius 3 is 2.61 bits per heavy atom. The Balaban J connectivity index is 2.56. The molecule has 0 saturated heterocycles. The van der Waals surface area contributed by atoms with E-state index in [0.717, 1.165) is 24.5 Å². The Kier molecular flexibility index (Phi) is 8.81. The predicted molar refractivity (Wildman–Crippen MR) is 128 cm³/mol. The monoisotopic (exact) mass is 627 g/mol. The van der Waals surface area contributed by atoms with Crippen molar-refractivity contribution in [3.05, 3.63) is 41.1 Å². The number of methoxy groups -OCH3 is 1. The molecule has 1 N–H and O–H groups in total. The maximum absolute atomic E-state index is 12.3. The van der Waals surface area contributed by atoms with E-state index in [1.54, 1.807) is 20.1 Å². The molecule has 0 bridgehead atoms. The van der Waals surface area contributed by atoms with E-state index >= 15 is 0 Å². The zero-order valence-corrected chi connectivity index (χ0v) is 20.7. The SMILES string of the molecule is CCCC(=O)N=C1S/C(=C\c2cc(I)cc(I)c2OC)C(O)=C1C(=O)OCC. The molecular weight excluding hydrogens is 608 g/mol. The smallest absolute Gasteiger partial charge is 0.344 e. The van der Waals surface area contributed by atoms with E-state index in [1.165, 1.54) is 0 Å². The number of aliphatic imine (C=N–C) groups is 1. The fraction of sp³-hybridized carbons (Fsp3) is 0.316. The summed E-state index contributed by atoms with van der Waals surface area (Å²) < 4.78 is 12.4. The van der Waals surface area contributed by atoms with Crippen molar-refractivity contribution in [3.63, 3.8) is 0 Å². The van der Waals surface area contributed by atoms with Crippen molar-refractivity contribution >= 4 is 79.9 Å². The second kappa shape index (κ2) is 10.6. The van der Waals surface area contributed by atoms with Gasteiger partial charge in [0.05, 0.1) is 22.2 Å². The molecule has 1 heterocycles. The lowest BCUT2D eigenvalue weighted by Gasteiger charge is -2.09. The van der Waals surface area contributed by atoms with Gasteiger partial charge in [0.1, 0.15) is 22.1 Å². The fourth-order valence-electron chi connectivity index (χ4n) is 2.42. The molecule has 1 aromatic rings. The standard InChI is InChI=1S/C19H19I2NO5S/c1-4-6-14(23)22-18-15(19(25)27-5-2)16(24)13(28-18)8-10-7-11(20)9-12(21)17(10)26-3/h7-9,24H,4-6H2,1-3H3/b13-8-,22-18?. The largest absolute Gasteiger partial charge is 0.506 e. The van der Waals surface area contributed by atoms with E-state index in [9.17, 15) is 14.7 Å². The Labute approximate surface area is 195 Å². The number of hydrogen-bond acceptors (Lipinski definition) is 6. The van der Waals surface area contributed by atoms with Crippen LogP contribution in [0.4, 0.5) is 0 Å². The van der Waals surface area contributed by atoms with Crippen LogP contribution in [0.3, 0.4) is 0 Å². The van der Waals surface area contributed by atoms with Crippen molar-refractivity contribution in [1.29, 1.82) is 0 Å². The second-order valence-corrected chi connectivity index (χ2v) is 9.06. The lowest BCUT2D eigenvalue weighted by molar-refractivity contribution is -0.138. The molecule has 0 unspecified atom stereocenters. The quantitative estimate of drug-likeness (QED) is 0.350. The summed E-state index contributed by atoms with van der Waals surface area (Å²) >= 11 is 5.44. The highest BCUT2D eigenvalue weighted by Gasteiger charge is 2.34. The first kappa shape index (κ1) is 23.2. The zero-order valence-electron chi connectivity index (χ0n) is 15.5. The topological polar surface area (TPSA) is 85.2 Å². The molecule has 0 radical (unpaired) electrons. The molecule has 1 aromatic carbocycles. The summed E-state index contributed by atoms with van der Waals surface area (Å²) in [4.78, 5) is 28.7. The first-order valence-corrected chi connectivity index (χ1v) is 11.4. The first-order valence-electron chi connectivity index (χ1n) is 8.47. The van der Waals surface area contributed by atoms with Crippen LogP contribution in [0.2, 0.25) is 0 Å². The number of ether oxygens (including phenoxy) is 2. The number of halogens is 2. The summed E-state index contributed by atoms with van der Waals surface area (Å²) in [6.45, 7) is 3.69. The van der Waals surface area contributed by atoms with Gasteiger partial charge in [-0.1, -0.05) is 18.7 Å². The van der Waals surface area contributed by atoms with Crippen LogP contribution in [-0.2, 0) is 14.3 Å². The molecular formula is C19H19I2NO5S. The zero-order chi connectivity index (χ0) is 20.8. The van der Waals surface area contributed by atoms with Gasteiger partial charge in [0, 0.05) is 15.6 Å². The van der Waals surface area contributed by atoms with Crippen molar-refractivity contribution < 1.29 is 24.2 Å². The van der Waals surface area contributed by atoms with Crippen LogP contribution in [0, 0.1) is 7.14 Å². The van der Waals surface area contributed by atoms with E-state index in [-0.39, 0.29) is 35.3 Å². The van der Waals surface area contributed by atoms with Gasteiger partial charge < -0.3 is 14.6 Å². The molecule has 0 atom stereocenters. The number of amides is 1. The second-order valence-electron chi connectivity index (χ2n) is 5.63. The van der Waals surface area contributed by atoms with Gasteiger partial charge in [0.25, 0.3) is 0 Å². The number of rotatable bonds is 6. The minimum Gasteiger partial charge on any atom is -0.506 e. The molecule has 1 amide bonds. The van der Waals surface area contributed by atoms with Crippen molar-refractivity contribution in [1.82, 2.24) is 0 Å². The molecule has 0 fully saturated rings. The fourth-order valence-corrected chi connectivity index (χ4v) is 5.55. The van der Waals surface area contributed by atoms with Crippen LogP contribution >= 0.6 is 56.9 Å². The molecule has 1 aliphatic heterocycles. The molecule has 28 heavy (non-hydrogen) atoms. The third-order valence-electron chi connectivity index (χ3n) is 3.59. The number of esters is 1. The number of benzene rings is 1. The Hall–Kier alpha value is -1.08. The summed E-state index contributed by atoms with van der Waals surface area (Å²) in [5.41, 5.74) is 0.666. The summed E-state index contributed by atoms with van der Waals surface area (Å²) in [6.07, 6.45) is 2.63. The molecule has 0 aromatic heterocycles. The van der Waals surface area contributed by atoms with E-state index in [2.05, 4.69) is 50.2 Å². The number of carbonyl (C=O) groups is 2. The van der Waals surface area contributed by atoms with Crippen molar-refractivity contribution in [2.75, 3.05) is 13.7 Å². The lowest BCUT2D eigenvalue weighted by atomic mass is 10.1. The molecule has 1 aliphatic rings. The number of thioether (sulfide) groups is 1. The molecule has 0 saturated carbocycles. The van der Waals surface area contributed by atoms with E-state index in [1.807, 2.05) is 19.1 Å². The number of carbonyl (C=O) groups excluding carboxylic acids is 2. The average molecular weight is 627 g/mol. The van der Waals surface area contributed by atoms with Gasteiger partial charge in [0.15, 0.2) is 0 Å². The van der Waals surface area contributed by atoms with Gasteiger partial charge in [-0.15, -0.1) is 0 Å². The summed E-state index contributed by atoms with van der Waals surface area (Å²) in [6, 6.07) is 3.88. The van der Waals surface area contributed by atoms with Gasteiger partial charge in [-0.3, -0.25) is 4.79 Å². The molecule has 0 spiro atoms. The van der Waals surface area contributed by atoms with Crippen molar-refractivity contribution in [2.24, 2.45) is 4.99 Å². The van der Waals surface area contributed by atoms with Crippen LogP contribution in [0.15, 0.2) is 33.4 Å². The van der Waals surface area contributed by atoms with Gasteiger partial charge in [-0.2, -0.15) is 0 Å². The predicted octanol–water partition coefficient (Wildman–Crippen LogP) is 5.09. The van der Waals surface area contributed by atoms with Crippen molar-refractivity contribution in [2.45, 2.75) is 26.7 Å². The number of hydrogen-bond donors (Lipinski definition) is 1. The highest BCUT2D eigenvalue weighted by Crippen LogP contribution is 2.41. The van der Waals surface area contributed by atoms with Gasteiger partial charge in [-0.25, -0.2) is 9.79 Å². The van der Waals surface area contributed by atoms with Crippen LogP contribution in [0.5, 0.6) is 5.75 Å². The first-order chi connectivity index (χ1) is 13.3. The Bertz CT molecular complexity index is 893. The van der Waals surface area contributed by atoms with Crippen LogP contribution in [-0.4, -0.2) is 35.7 Å². The van der Waals surface area contributed by atoms with E-state index in [0.29, 0.717) is 17.1 Å². The number of aliphatic hydroxyl groups excluding tert-OH is 1. The summed E-state index contributed by atoms with van der Waals surface area (Å²) in [5, 5.41) is 10.8. The highest BCUT2D eigenvalue weighted by atomic mass is 127. The van der Waals surface area contributed by atoms with Gasteiger partial charge in [0.2, 0.25) is 5.91 Å². The van der Waals surface area contributed by atoms with E-state index < -0.39 is 5.97 Å². The lowest BCUT2D eigenvalue weighted by Crippen LogP contribution is -2.14. The molecule has 2 rings (SSSR count). The van der Waals surface area contributed by atoms with Crippen molar-refractivity contribution in [3.8, 4) is 5.75 Å². The minimum absolute atomic E-state index is 0.0816. The minimum atomic E-state index is -0.705. The third kappa shape index (κ3) is 5.50. The van der Waals surface area contributed by atoms with Gasteiger partial charge in [-0.05, 0) is 76.7 Å². The Morgan fingerprint density at radius 2 is 2.00 bits per heavy atom. The third-order valence-corrected chi connectivity index (χ3v) is 6.03. The van der Waals surface area contributed by atoms with Crippen LogP contribution < -0.4 is 4.74 Å². The molecule has 0 aliphatic carbocycles. The normalized spacial score (nSPS) is 16.8. The molecule has 9 heteroatoms. The molecule has 6 nitrogen and oxygen atoms in total. The Morgan fingerprint density at radius 1 is 1.29 bits per heavy atom. The van der Waals surface area contributed by atoms with Gasteiger partial charge >= 0.3 is 5.97 Å². The van der Waals surface area contributed by atoms with Crippen LogP contribution in [0.25, 0.3) is 6.08 Å². The van der Waals surface area contributed by atoms with E-state index in [4.69, 9.17) is 9.47 Å². The average Bonchev–Trinajstić information content (AvgIpc) is 2.90. The van der Waals surface area contributed by atoms with Crippen LogP contribution in [0.1, 0.15) is 32.3 Å². The summed E-state index contributed by atoms with van der Waals surface area (Å²) in [5.74, 6) is -0.639. The number of aliphatic hydroxyl groups is 1. The maximum atomic E-state index is 12.3. The number of nitrogens with zero attached hydrogens (tertiary/aromatic N) is 1. The summed E-state index contributed by atoms with van der Waals surface area (Å²) in [7, 11) is 1.57.